The molecular formula is C13H24N2O. The van der Waals surface area contributed by atoms with Crippen molar-refractivity contribution in [3.63, 3.8) is 0 Å². The van der Waals surface area contributed by atoms with E-state index in [0.717, 1.165) is 26.1 Å². The number of hydrogen-bond donors (Lipinski definition) is 1. The van der Waals surface area contributed by atoms with Crippen LogP contribution in [0.4, 0.5) is 0 Å². The van der Waals surface area contributed by atoms with Gasteiger partial charge in [-0.05, 0) is 25.8 Å². The van der Waals surface area contributed by atoms with E-state index in [1.807, 2.05) is 0 Å². The molecule has 3 nitrogen and oxygen atoms in total. The Morgan fingerprint density at radius 2 is 1.75 bits per heavy atom. The number of rotatable bonds is 1. The van der Waals surface area contributed by atoms with Gasteiger partial charge in [0.15, 0.2) is 0 Å². The van der Waals surface area contributed by atoms with E-state index in [9.17, 15) is 4.79 Å². The van der Waals surface area contributed by atoms with E-state index in [4.69, 9.17) is 0 Å². The summed E-state index contributed by atoms with van der Waals surface area (Å²) in [7, 11) is 0. The molecule has 0 radical (unpaired) electrons. The fourth-order valence-corrected chi connectivity index (χ4v) is 2.92. The normalized spacial score (nSPS) is 26.0. The van der Waals surface area contributed by atoms with E-state index in [2.05, 4.69) is 10.2 Å². The van der Waals surface area contributed by atoms with Crippen LogP contribution in [0.1, 0.15) is 51.4 Å². The standard InChI is InChI=1S/C13H24N2O/c16-13-8-10-14-9-5-11-15(13)12-6-3-1-2-4-7-12/h12,14H,1-11H2. The average Bonchev–Trinajstić information content (AvgIpc) is 2.53. The van der Waals surface area contributed by atoms with Crippen LogP contribution in [0.2, 0.25) is 0 Å². The number of hydrogen-bond acceptors (Lipinski definition) is 2. The highest BCUT2D eigenvalue weighted by atomic mass is 16.2. The van der Waals surface area contributed by atoms with Gasteiger partial charge in [-0.3, -0.25) is 4.79 Å². The zero-order valence-corrected chi connectivity index (χ0v) is 10.2. The molecule has 2 aliphatic rings. The average molecular weight is 224 g/mol. The quantitative estimate of drug-likeness (QED) is 0.690. The summed E-state index contributed by atoms with van der Waals surface area (Å²) in [6, 6.07) is 0.549. The first-order valence-electron chi connectivity index (χ1n) is 6.88. The van der Waals surface area contributed by atoms with E-state index >= 15 is 0 Å². The van der Waals surface area contributed by atoms with Gasteiger partial charge in [-0.15, -0.1) is 0 Å². The Bertz CT molecular complexity index is 222. The first-order chi connectivity index (χ1) is 7.88. The highest BCUT2D eigenvalue weighted by molar-refractivity contribution is 5.76. The van der Waals surface area contributed by atoms with E-state index in [1.165, 1.54) is 38.5 Å². The van der Waals surface area contributed by atoms with Crippen molar-refractivity contribution in [2.24, 2.45) is 0 Å². The Labute approximate surface area is 98.6 Å². The summed E-state index contributed by atoms with van der Waals surface area (Å²) in [6.45, 7) is 2.90. The van der Waals surface area contributed by atoms with Crippen LogP contribution >= 0.6 is 0 Å². The van der Waals surface area contributed by atoms with Crippen LogP contribution in [-0.2, 0) is 4.79 Å². The fourth-order valence-electron chi connectivity index (χ4n) is 2.92. The lowest BCUT2D eigenvalue weighted by atomic mass is 10.1. The molecule has 0 aromatic heterocycles. The maximum Gasteiger partial charge on any atom is 0.224 e. The molecule has 0 spiro atoms. The molecule has 1 heterocycles. The molecule has 1 amide bonds. The monoisotopic (exact) mass is 224 g/mol. The van der Waals surface area contributed by atoms with Crippen molar-refractivity contribution in [2.45, 2.75) is 57.4 Å². The van der Waals surface area contributed by atoms with Crippen molar-refractivity contribution >= 4 is 5.91 Å². The van der Waals surface area contributed by atoms with Crippen LogP contribution in [0.15, 0.2) is 0 Å². The van der Waals surface area contributed by atoms with Gasteiger partial charge in [0.1, 0.15) is 0 Å². The Morgan fingerprint density at radius 3 is 2.50 bits per heavy atom. The summed E-state index contributed by atoms with van der Waals surface area (Å²) < 4.78 is 0. The molecule has 2 rings (SSSR count). The summed E-state index contributed by atoms with van der Waals surface area (Å²) in [5, 5.41) is 3.31. The van der Waals surface area contributed by atoms with Gasteiger partial charge in [-0.25, -0.2) is 0 Å². The van der Waals surface area contributed by atoms with Gasteiger partial charge >= 0.3 is 0 Å². The minimum atomic E-state index is 0.374. The van der Waals surface area contributed by atoms with Crippen LogP contribution in [0.3, 0.4) is 0 Å². The number of nitrogens with zero attached hydrogens (tertiary/aromatic N) is 1. The van der Waals surface area contributed by atoms with Crippen molar-refractivity contribution < 1.29 is 4.79 Å². The minimum Gasteiger partial charge on any atom is -0.340 e. The van der Waals surface area contributed by atoms with E-state index in [1.54, 1.807) is 0 Å². The van der Waals surface area contributed by atoms with Gasteiger partial charge in [-0.2, -0.15) is 0 Å². The van der Waals surface area contributed by atoms with Crippen molar-refractivity contribution in [1.29, 1.82) is 0 Å². The van der Waals surface area contributed by atoms with Crippen LogP contribution in [0, 0.1) is 0 Å². The Morgan fingerprint density at radius 1 is 1.00 bits per heavy atom. The third-order valence-corrected chi connectivity index (χ3v) is 3.85. The molecule has 1 aliphatic heterocycles. The zero-order chi connectivity index (χ0) is 11.2. The fraction of sp³-hybridized carbons (Fsp3) is 0.923. The van der Waals surface area contributed by atoms with Crippen LogP contribution in [0.5, 0.6) is 0 Å². The Kier molecular flexibility index (Phi) is 4.64. The highest BCUT2D eigenvalue weighted by Crippen LogP contribution is 2.22. The van der Waals surface area contributed by atoms with Crippen molar-refractivity contribution in [1.82, 2.24) is 10.2 Å². The van der Waals surface area contributed by atoms with Gasteiger partial charge < -0.3 is 10.2 Å². The second-order valence-electron chi connectivity index (χ2n) is 5.09. The molecule has 92 valence electrons. The molecule has 1 N–H and O–H groups in total. The third-order valence-electron chi connectivity index (χ3n) is 3.85. The number of carbonyl (C=O) groups excluding carboxylic acids is 1. The minimum absolute atomic E-state index is 0.374. The molecule has 0 unspecified atom stereocenters. The van der Waals surface area contributed by atoms with Gasteiger partial charge in [-0.1, -0.05) is 25.7 Å². The second kappa shape index (κ2) is 6.24. The maximum atomic E-state index is 12.1. The predicted molar refractivity (Wildman–Crippen MR) is 65.3 cm³/mol. The first-order valence-corrected chi connectivity index (χ1v) is 6.88. The zero-order valence-electron chi connectivity index (χ0n) is 10.2. The summed E-state index contributed by atoms with van der Waals surface area (Å²) in [5.41, 5.74) is 0. The Balaban J connectivity index is 1.94. The highest BCUT2D eigenvalue weighted by Gasteiger charge is 2.24. The first kappa shape index (κ1) is 11.9. The van der Waals surface area contributed by atoms with Crippen LogP contribution in [0.25, 0.3) is 0 Å². The summed E-state index contributed by atoms with van der Waals surface area (Å²) in [6.07, 6.45) is 9.62. The number of amides is 1. The van der Waals surface area contributed by atoms with Gasteiger partial charge in [0.05, 0.1) is 0 Å². The molecular weight excluding hydrogens is 200 g/mol. The molecule has 0 aromatic rings. The smallest absolute Gasteiger partial charge is 0.224 e. The lowest BCUT2D eigenvalue weighted by Crippen LogP contribution is -2.44. The lowest BCUT2D eigenvalue weighted by Gasteiger charge is -2.33. The van der Waals surface area contributed by atoms with Crippen molar-refractivity contribution in [3.05, 3.63) is 0 Å². The number of carbonyl (C=O) groups is 1. The molecule has 16 heavy (non-hydrogen) atoms. The molecule has 1 saturated heterocycles. The van der Waals surface area contributed by atoms with Gasteiger partial charge in [0.2, 0.25) is 5.91 Å². The van der Waals surface area contributed by atoms with Crippen LogP contribution < -0.4 is 5.32 Å². The summed E-state index contributed by atoms with van der Waals surface area (Å²) in [5.74, 6) is 0.374. The second-order valence-corrected chi connectivity index (χ2v) is 5.09. The summed E-state index contributed by atoms with van der Waals surface area (Å²) in [4.78, 5) is 14.3. The van der Waals surface area contributed by atoms with E-state index in [-0.39, 0.29) is 0 Å². The molecule has 2 fully saturated rings. The Hall–Kier alpha value is -0.570. The molecule has 3 heteroatoms. The van der Waals surface area contributed by atoms with Gasteiger partial charge in [0.25, 0.3) is 0 Å². The van der Waals surface area contributed by atoms with Crippen molar-refractivity contribution in [2.75, 3.05) is 19.6 Å². The van der Waals surface area contributed by atoms with E-state index < -0.39 is 0 Å². The SMILES string of the molecule is O=C1CCNCCCN1C1CCCCCC1. The lowest BCUT2D eigenvalue weighted by molar-refractivity contribution is -0.134. The number of nitrogens with one attached hydrogen (secondary N) is 1. The maximum absolute atomic E-state index is 12.1. The molecule has 0 atom stereocenters. The summed E-state index contributed by atoms with van der Waals surface area (Å²) >= 11 is 0. The predicted octanol–water partition coefficient (Wildman–Crippen LogP) is 1.92. The molecule has 0 bridgehead atoms. The largest absolute Gasteiger partial charge is 0.340 e. The molecule has 1 saturated carbocycles. The molecule has 0 aromatic carbocycles. The topological polar surface area (TPSA) is 32.3 Å². The van der Waals surface area contributed by atoms with Gasteiger partial charge in [0, 0.05) is 25.6 Å². The van der Waals surface area contributed by atoms with Crippen LogP contribution in [-0.4, -0.2) is 36.5 Å². The molecule has 1 aliphatic carbocycles. The van der Waals surface area contributed by atoms with E-state index in [0.29, 0.717) is 18.4 Å². The third kappa shape index (κ3) is 3.21. The van der Waals surface area contributed by atoms with Crippen molar-refractivity contribution in [3.8, 4) is 0 Å².